The molecule has 18 heavy (non-hydrogen) atoms. The van der Waals surface area contributed by atoms with Crippen molar-refractivity contribution in [3.05, 3.63) is 35.4 Å². The number of oxime groups is 1. The molecule has 2 nitrogen and oxygen atoms in total. The molecule has 1 aromatic carbocycles. The standard InChI is InChI=1S/C13H14F3NO/c14-13(15,16)11-7-5-10(6-8-11)9-17-18-12-3-1-2-4-12/h5-9,12H,1-4H2. The maximum absolute atomic E-state index is 12.3. The summed E-state index contributed by atoms with van der Waals surface area (Å²) in [4.78, 5) is 5.25. The summed E-state index contributed by atoms with van der Waals surface area (Å²) in [5.41, 5.74) is -0.0580. The van der Waals surface area contributed by atoms with Crippen molar-refractivity contribution in [3.8, 4) is 0 Å². The zero-order valence-corrected chi connectivity index (χ0v) is 9.78. The van der Waals surface area contributed by atoms with Crippen LogP contribution in [0.1, 0.15) is 36.8 Å². The number of rotatable bonds is 3. The summed E-state index contributed by atoms with van der Waals surface area (Å²) in [5, 5.41) is 3.81. The van der Waals surface area contributed by atoms with Gasteiger partial charge in [0.2, 0.25) is 0 Å². The van der Waals surface area contributed by atoms with Gasteiger partial charge in [-0.15, -0.1) is 0 Å². The molecule has 1 aromatic rings. The number of hydrogen-bond acceptors (Lipinski definition) is 2. The zero-order chi connectivity index (χ0) is 13.0. The maximum Gasteiger partial charge on any atom is 0.416 e. The van der Waals surface area contributed by atoms with Gasteiger partial charge in [-0.3, -0.25) is 0 Å². The Bertz CT molecular complexity index is 405. The van der Waals surface area contributed by atoms with Crippen LogP contribution in [0.15, 0.2) is 29.4 Å². The number of halogens is 3. The minimum absolute atomic E-state index is 0.163. The summed E-state index contributed by atoms with van der Waals surface area (Å²) >= 11 is 0. The van der Waals surface area contributed by atoms with Crippen LogP contribution in [-0.2, 0) is 11.0 Å². The molecule has 5 heteroatoms. The first-order valence-electron chi connectivity index (χ1n) is 5.92. The Labute approximate surface area is 103 Å². The lowest BCUT2D eigenvalue weighted by Gasteiger charge is -2.06. The second-order valence-corrected chi connectivity index (χ2v) is 4.37. The fourth-order valence-corrected chi connectivity index (χ4v) is 1.93. The number of benzene rings is 1. The van der Waals surface area contributed by atoms with Gasteiger partial charge in [0.05, 0.1) is 11.8 Å². The second kappa shape index (κ2) is 5.42. The Morgan fingerprint density at radius 3 is 2.28 bits per heavy atom. The predicted octanol–water partition coefficient (Wildman–Crippen LogP) is 4.00. The first-order chi connectivity index (χ1) is 8.55. The smallest absolute Gasteiger partial charge is 0.393 e. The van der Waals surface area contributed by atoms with Crippen LogP contribution < -0.4 is 0 Å². The van der Waals surface area contributed by atoms with Crippen molar-refractivity contribution in [3.63, 3.8) is 0 Å². The molecule has 0 atom stereocenters. The minimum atomic E-state index is -4.30. The highest BCUT2D eigenvalue weighted by atomic mass is 19.4. The molecule has 0 aliphatic heterocycles. The third-order valence-electron chi connectivity index (χ3n) is 2.95. The highest BCUT2D eigenvalue weighted by Gasteiger charge is 2.29. The molecule has 1 aliphatic rings. The van der Waals surface area contributed by atoms with Crippen LogP contribution in [0.4, 0.5) is 13.2 Å². The molecular formula is C13H14F3NO. The topological polar surface area (TPSA) is 21.6 Å². The van der Waals surface area contributed by atoms with Crippen molar-refractivity contribution in [2.45, 2.75) is 38.0 Å². The molecule has 2 rings (SSSR count). The molecule has 0 unspecified atom stereocenters. The van der Waals surface area contributed by atoms with Crippen LogP contribution in [0.25, 0.3) is 0 Å². The monoisotopic (exact) mass is 257 g/mol. The Morgan fingerprint density at radius 1 is 1.11 bits per heavy atom. The Hall–Kier alpha value is -1.52. The van der Waals surface area contributed by atoms with E-state index in [0.717, 1.165) is 37.8 Å². The molecule has 98 valence electrons. The molecule has 0 spiro atoms. The van der Waals surface area contributed by atoms with E-state index in [-0.39, 0.29) is 6.10 Å². The summed E-state index contributed by atoms with van der Waals surface area (Å²) in [6.07, 6.45) is 1.63. The average Bonchev–Trinajstić information content (AvgIpc) is 2.82. The van der Waals surface area contributed by atoms with Crippen LogP contribution in [0.3, 0.4) is 0 Å². The highest BCUT2D eigenvalue weighted by molar-refractivity contribution is 5.79. The van der Waals surface area contributed by atoms with Crippen molar-refractivity contribution in [2.24, 2.45) is 5.16 Å². The molecular weight excluding hydrogens is 243 g/mol. The summed E-state index contributed by atoms with van der Waals surface area (Å²) in [5.74, 6) is 0. The van der Waals surface area contributed by atoms with Gasteiger partial charge >= 0.3 is 6.18 Å². The maximum atomic E-state index is 12.3. The summed E-state index contributed by atoms with van der Waals surface area (Å²) < 4.78 is 37.0. The van der Waals surface area contributed by atoms with Crippen LogP contribution in [-0.4, -0.2) is 12.3 Å². The van der Waals surface area contributed by atoms with E-state index < -0.39 is 11.7 Å². The first-order valence-corrected chi connectivity index (χ1v) is 5.92. The van der Waals surface area contributed by atoms with Gasteiger partial charge in [-0.2, -0.15) is 13.2 Å². The van der Waals surface area contributed by atoms with Gasteiger partial charge < -0.3 is 4.84 Å². The molecule has 0 heterocycles. The molecule has 0 amide bonds. The first kappa shape index (κ1) is 12.9. The van der Waals surface area contributed by atoms with Gasteiger partial charge in [0.15, 0.2) is 0 Å². The van der Waals surface area contributed by atoms with E-state index in [1.807, 2.05) is 0 Å². The molecule has 0 saturated heterocycles. The van der Waals surface area contributed by atoms with Crippen molar-refractivity contribution in [1.82, 2.24) is 0 Å². The van der Waals surface area contributed by atoms with Gasteiger partial charge in [0.25, 0.3) is 0 Å². The summed E-state index contributed by atoms with van der Waals surface area (Å²) in [6, 6.07) is 4.84. The van der Waals surface area contributed by atoms with Gasteiger partial charge in [0.1, 0.15) is 6.10 Å². The van der Waals surface area contributed by atoms with Crippen LogP contribution in [0.2, 0.25) is 0 Å². The quantitative estimate of drug-likeness (QED) is 0.592. The van der Waals surface area contributed by atoms with Gasteiger partial charge in [0, 0.05) is 0 Å². The number of nitrogens with zero attached hydrogens (tertiary/aromatic N) is 1. The minimum Gasteiger partial charge on any atom is -0.393 e. The van der Waals surface area contributed by atoms with E-state index in [9.17, 15) is 13.2 Å². The Kier molecular flexibility index (Phi) is 3.89. The van der Waals surface area contributed by atoms with E-state index in [1.54, 1.807) is 0 Å². The number of hydrogen-bond donors (Lipinski definition) is 0. The highest BCUT2D eigenvalue weighted by Crippen LogP contribution is 2.28. The molecule has 0 radical (unpaired) electrons. The fourth-order valence-electron chi connectivity index (χ4n) is 1.93. The van der Waals surface area contributed by atoms with E-state index in [2.05, 4.69) is 5.16 Å². The fraction of sp³-hybridized carbons (Fsp3) is 0.462. The van der Waals surface area contributed by atoms with Crippen LogP contribution in [0.5, 0.6) is 0 Å². The molecule has 0 N–H and O–H groups in total. The predicted molar refractivity (Wildman–Crippen MR) is 62.4 cm³/mol. The van der Waals surface area contributed by atoms with E-state index >= 15 is 0 Å². The SMILES string of the molecule is FC(F)(F)c1ccc(C=NOC2CCCC2)cc1. The third-order valence-corrected chi connectivity index (χ3v) is 2.95. The zero-order valence-electron chi connectivity index (χ0n) is 9.78. The van der Waals surface area contributed by atoms with E-state index in [1.165, 1.54) is 18.3 Å². The second-order valence-electron chi connectivity index (χ2n) is 4.37. The van der Waals surface area contributed by atoms with E-state index in [0.29, 0.717) is 5.56 Å². The summed E-state index contributed by atoms with van der Waals surface area (Å²) in [6.45, 7) is 0. The lowest BCUT2D eigenvalue weighted by Crippen LogP contribution is -2.04. The third kappa shape index (κ3) is 3.48. The van der Waals surface area contributed by atoms with Gasteiger partial charge in [-0.05, 0) is 43.4 Å². The van der Waals surface area contributed by atoms with E-state index in [4.69, 9.17) is 4.84 Å². The molecule has 1 aliphatic carbocycles. The largest absolute Gasteiger partial charge is 0.416 e. The molecule has 0 bridgehead atoms. The number of alkyl halides is 3. The lowest BCUT2D eigenvalue weighted by molar-refractivity contribution is -0.137. The Morgan fingerprint density at radius 2 is 1.72 bits per heavy atom. The van der Waals surface area contributed by atoms with Gasteiger partial charge in [-0.1, -0.05) is 17.3 Å². The molecule has 1 saturated carbocycles. The van der Waals surface area contributed by atoms with Crippen LogP contribution in [0, 0.1) is 0 Å². The van der Waals surface area contributed by atoms with Crippen LogP contribution >= 0.6 is 0 Å². The molecule has 0 aromatic heterocycles. The summed E-state index contributed by atoms with van der Waals surface area (Å²) in [7, 11) is 0. The van der Waals surface area contributed by atoms with Crippen molar-refractivity contribution >= 4 is 6.21 Å². The normalized spacial score (nSPS) is 17.5. The molecule has 1 fully saturated rings. The lowest BCUT2D eigenvalue weighted by atomic mass is 10.1. The Balaban J connectivity index is 1.91. The van der Waals surface area contributed by atoms with Crippen molar-refractivity contribution in [1.29, 1.82) is 0 Å². The van der Waals surface area contributed by atoms with Crippen molar-refractivity contribution < 1.29 is 18.0 Å². The van der Waals surface area contributed by atoms with Crippen molar-refractivity contribution in [2.75, 3.05) is 0 Å². The average molecular weight is 257 g/mol. The van der Waals surface area contributed by atoms with Gasteiger partial charge in [-0.25, -0.2) is 0 Å².